The summed E-state index contributed by atoms with van der Waals surface area (Å²) >= 11 is 0. The number of hydrogen-bond acceptors (Lipinski definition) is 7. The third kappa shape index (κ3) is 9.31. The molecular weight excluding hydrogens is 517 g/mol. The molecule has 1 aliphatic carbocycles. The molecule has 3 unspecified atom stereocenters. The molecule has 8 nitrogen and oxygen atoms in total. The summed E-state index contributed by atoms with van der Waals surface area (Å²) in [7, 11) is 0. The Bertz CT molecular complexity index is 1020. The number of hydrogen-bond donors (Lipinski definition) is 3. The fraction of sp³-hybridized carbons (Fsp3) is 0.444. The number of halogens is 2. The average Bonchev–Trinajstić information content (AvgIpc) is 2.86. The van der Waals surface area contributed by atoms with Crippen LogP contribution in [0.4, 0.5) is 0 Å². The zero-order valence-corrected chi connectivity index (χ0v) is 22.4. The summed E-state index contributed by atoms with van der Waals surface area (Å²) in [5.74, 6) is -1.85. The van der Waals surface area contributed by atoms with Gasteiger partial charge < -0.3 is 26.7 Å². The van der Waals surface area contributed by atoms with Crippen molar-refractivity contribution < 1.29 is 23.9 Å². The van der Waals surface area contributed by atoms with Gasteiger partial charge in [0.2, 0.25) is 5.91 Å². The molecule has 1 amide bonds. The van der Waals surface area contributed by atoms with Crippen molar-refractivity contribution >= 4 is 42.7 Å². The van der Waals surface area contributed by atoms with Crippen LogP contribution in [0, 0.1) is 0 Å². The molecule has 3 rings (SSSR count). The molecule has 0 aliphatic heterocycles. The van der Waals surface area contributed by atoms with E-state index in [1.165, 1.54) is 5.56 Å². The Hall–Kier alpha value is -2.65. The van der Waals surface area contributed by atoms with E-state index < -0.39 is 23.8 Å². The average molecular weight is 555 g/mol. The standard InChI is InChI=1S/C27H35N3O5.2ClH/c28-16-4-3-10-24(29)27(33)34-17-15-22(25(30)31)19-11-13-20(14-12-19)35-26(32)23-9-5-7-18-6-1-2-8-21(18)23;;/h1-2,6,8,11-14,22-24H,3-5,7,9-10,15-17,28-29H2,(H2,30,31);2*1H. The molecule has 0 heterocycles. The maximum atomic E-state index is 12.8. The number of fused-ring (bicyclic) bond motifs is 1. The molecule has 0 saturated carbocycles. The van der Waals surface area contributed by atoms with Crippen molar-refractivity contribution in [3.05, 3.63) is 65.2 Å². The minimum absolute atomic E-state index is 0. The Morgan fingerprint density at radius 3 is 2.35 bits per heavy atom. The van der Waals surface area contributed by atoms with Crippen molar-refractivity contribution in [2.75, 3.05) is 13.2 Å². The highest BCUT2D eigenvalue weighted by Gasteiger charge is 2.28. The number of benzene rings is 2. The summed E-state index contributed by atoms with van der Waals surface area (Å²) in [6.07, 6.45) is 4.95. The second-order valence-electron chi connectivity index (χ2n) is 8.94. The number of primary amides is 1. The van der Waals surface area contributed by atoms with Crippen LogP contribution in [-0.2, 0) is 25.5 Å². The minimum atomic E-state index is -0.710. The van der Waals surface area contributed by atoms with Crippen molar-refractivity contribution in [2.24, 2.45) is 17.2 Å². The Morgan fingerprint density at radius 1 is 0.973 bits per heavy atom. The SMILES string of the molecule is Cl.Cl.NCCCCC(N)C(=O)OCCC(C(N)=O)c1ccc(OC(=O)C2CCCc3ccccc32)cc1. The lowest BCUT2D eigenvalue weighted by atomic mass is 9.83. The fourth-order valence-electron chi connectivity index (χ4n) is 4.44. The lowest BCUT2D eigenvalue weighted by molar-refractivity contribution is -0.146. The highest BCUT2D eigenvalue weighted by Crippen LogP contribution is 2.33. The predicted octanol–water partition coefficient (Wildman–Crippen LogP) is 3.51. The van der Waals surface area contributed by atoms with E-state index in [4.69, 9.17) is 26.7 Å². The van der Waals surface area contributed by atoms with E-state index in [0.29, 0.717) is 24.3 Å². The van der Waals surface area contributed by atoms with E-state index in [-0.39, 0.29) is 49.7 Å². The van der Waals surface area contributed by atoms with Gasteiger partial charge in [-0.1, -0.05) is 42.8 Å². The number of esters is 2. The predicted molar refractivity (Wildman–Crippen MR) is 147 cm³/mol. The number of nitrogens with two attached hydrogens (primary N) is 3. The second kappa shape index (κ2) is 16.2. The number of ether oxygens (including phenoxy) is 2. The number of aryl methyl sites for hydroxylation is 1. The number of amides is 1. The third-order valence-corrected chi connectivity index (χ3v) is 6.42. The minimum Gasteiger partial charge on any atom is -0.464 e. The summed E-state index contributed by atoms with van der Waals surface area (Å²) in [5.41, 5.74) is 19.7. The van der Waals surface area contributed by atoms with Gasteiger partial charge in [-0.25, -0.2) is 0 Å². The van der Waals surface area contributed by atoms with Gasteiger partial charge in [0.1, 0.15) is 11.8 Å². The van der Waals surface area contributed by atoms with Gasteiger partial charge in [-0.3, -0.25) is 14.4 Å². The molecule has 2 aromatic carbocycles. The van der Waals surface area contributed by atoms with E-state index in [9.17, 15) is 14.4 Å². The largest absolute Gasteiger partial charge is 0.464 e. The molecule has 0 spiro atoms. The van der Waals surface area contributed by atoms with E-state index >= 15 is 0 Å². The number of rotatable bonds is 12. The van der Waals surface area contributed by atoms with Gasteiger partial charge in [0.25, 0.3) is 0 Å². The van der Waals surface area contributed by atoms with Gasteiger partial charge in [0.15, 0.2) is 0 Å². The van der Waals surface area contributed by atoms with E-state index in [0.717, 1.165) is 37.7 Å². The Balaban J connectivity index is 0.00000342. The van der Waals surface area contributed by atoms with Crippen LogP contribution in [0.2, 0.25) is 0 Å². The van der Waals surface area contributed by atoms with Crippen molar-refractivity contribution in [3.63, 3.8) is 0 Å². The zero-order valence-electron chi connectivity index (χ0n) is 20.8. The smallest absolute Gasteiger partial charge is 0.322 e. The fourth-order valence-corrected chi connectivity index (χ4v) is 4.44. The van der Waals surface area contributed by atoms with Gasteiger partial charge >= 0.3 is 11.9 Å². The van der Waals surface area contributed by atoms with Gasteiger partial charge in [0, 0.05) is 0 Å². The molecule has 0 bridgehead atoms. The van der Waals surface area contributed by atoms with E-state index in [1.807, 2.05) is 18.2 Å². The van der Waals surface area contributed by atoms with Crippen LogP contribution >= 0.6 is 24.8 Å². The van der Waals surface area contributed by atoms with E-state index in [1.54, 1.807) is 24.3 Å². The van der Waals surface area contributed by atoms with Crippen LogP contribution in [0.25, 0.3) is 0 Å². The maximum absolute atomic E-state index is 12.8. The van der Waals surface area contributed by atoms with Crippen molar-refractivity contribution in [1.82, 2.24) is 0 Å². The van der Waals surface area contributed by atoms with Gasteiger partial charge in [-0.15, -0.1) is 24.8 Å². The normalized spacial score (nSPS) is 15.7. The lowest BCUT2D eigenvalue weighted by Gasteiger charge is -2.23. The molecule has 10 heteroatoms. The molecular formula is C27H37Cl2N3O5. The molecule has 204 valence electrons. The highest BCUT2D eigenvalue weighted by molar-refractivity contribution is 5.86. The van der Waals surface area contributed by atoms with Crippen LogP contribution in [-0.4, -0.2) is 37.0 Å². The first-order valence-electron chi connectivity index (χ1n) is 12.2. The first-order chi connectivity index (χ1) is 16.9. The summed E-state index contributed by atoms with van der Waals surface area (Å²) in [4.78, 5) is 36.9. The van der Waals surface area contributed by atoms with Gasteiger partial charge in [-0.2, -0.15) is 0 Å². The molecule has 0 aromatic heterocycles. The van der Waals surface area contributed by atoms with Crippen LogP contribution < -0.4 is 21.9 Å². The third-order valence-electron chi connectivity index (χ3n) is 6.42. The van der Waals surface area contributed by atoms with E-state index in [2.05, 4.69) is 6.07 Å². The number of carbonyl (C=O) groups excluding carboxylic acids is 3. The topological polar surface area (TPSA) is 148 Å². The Morgan fingerprint density at radius 2 is 1.68 bits per heavy atom. The second-order valence-corrected chi connectivity index (χ2v) is 8.94. The molecule has 0 fully saturated rings. The summed E-state index contributed by atoms with van der Waals surface area (Å²) in [5, 5.41) is 0. The number of unbranched alkanes of at least 4 members (excludes halogenated alkanes) is 1. The van der Waals surface area contributed by atoms with Crippen molar-refractivity contribution in [1.29, 1.82) is 0 Å². The quantitative estimate of drug-likeness (QED) is 0.207. The van der Waals surface area contributed by atoms with Gasteiger partial charge in [0.05, 0.1) is 18.4 Å². The summed E-state index contributed by atoms with van der Waals surface area (Å²) in [6, 6.07) is 14.0. The monoisotopic (exact) mass is 553 g/mol. The maximum Gasteiger partial charge on any atom is 0.322 e. The Kier molecular flexibility index (Phi) is 14.2. The Labute approximate surface area is 230 Å². The zero-order chi connectivity index (χ0) is 25.2. The van der Waals surface area contributed by atoms with Crippen LogP contribution in [0.3, 0.4) is 0 Å². The van der Waals surface area contributed by atoms with Crippen LogP contribution in [0.5, 0.6) is 5.75 Å². The molecule has 0 radical (unpaired) electrons. The highest BCUT2D eigenvalue weighted by atomic mass is 35.5. The van der Waals surface area contributed by atoms with Crippen LogP contribution in [0.1, 0.15) is 67.1 Å². The first-order valence-corrected chi connectivity index (χ1v) is 12.2. The first kappa shape index (κ1) is 32.4. The summed E-state index contributed by atoms with van der Waals surface area (Å²) in [6.45, 7) is 0.573. The molecule has 0 saturated heterocycles. The van der Waals surface area contributed by atoms with Crippen molar-refractivity contribution in [3.8, 4) is 5.75 Å². The van der Waals surface area contributed by atoms with Crippen molar-refractivity contribution in [2.45, 2.75) is 62.8 Å². The molecule has 2 aromatic rings. The molecule has 1 aliphatic rings. The lowest BCUT2D eigenvalue weighted by Crippen LogP contribution is -2.33. The molecule has 37 heavy (non-hydrogen) atoms. The van der Waals surface area contributed by atoms with Gasteiger partial charge in [-0.05, 0) is 73.9 Å². The molecule has 3 atom stereocenters. The van der Waals surface area contributed by atoms with Crippen LogP contribution in [0.15, 0.2) is 48.5 Å². The summed E-state index contributed by atoms with van der Waals surface area (Å²) < 4.78 is 10.9. The number of carbonyl (C=O) groups is 3. The molecule has 6 N–H and O–H groups in total.